The molecular weight excluding hydrogens is 370 g/mol. The smallest absolute Gasteiger partial charge is 0.226 e. The maximum Gasteiger partial charge on any atom is 0.226 e. The zero-order valence-electron chi connectivity index (χ0n) is 15.5. The van der Waals surface area contributed by atoms with Gasteiger partial charge in [0.2, 0.25) is 11.2 Å². The standard InChI is InChI=1S/C18H19N3O7/c1-24-16-5-12(6-17(25-2)18(16)26-3)27-9-11-7-21(20-19-11)8-13-4-14(22)15(23)10-28-13/h4-7,10,23H,8-9H2,1-3H3. The van der Waals surface area contributed by atoms with Crippen molar-refractivity contribution in [2.24, 2.45) is 0 Å². The first-order valence-corrected chi connectivity index (χ1v) is 8.16. The zero-order valence-corrected chi connectivity index (χ0v) is 15.5. The quantitative estimate of drug-likeness (QED) is 0.612. The molecule has 0 atom stereocenters. The van der Waals surface area contributed by atoms with Gasteiger partial charge in [-0.25, -0.2) is 4.68 Å². The molecule has 0 spiro atoms. The van der Waals surface area contributed by atoms with Crippen molar-refractivity contribution >= 4 is 0 Å². The molecule has 2 aromatic heterocycles. The molecule has 0 aliphatic rings. The normalized spacial score (nSPS) is 10.5. The maximum absolute atomic E-state index is 11.4. The van der Waals surface area contributed by atoms with E-state index in [4.69, 9.17) is 23.4 Å². The van der Waals surface area contributed by atoms with E-state index >= 15 is 0 Å². The van der Waals surface area contributed by atoms with Crippen LogP contribution in [0.15, 0.2) is 39.9 Å². The van der Waals surface area contributed by atoms with Crippen molar-refractivity contribution < 1.29 is 28.5 Å². The van der Waals surface area contributed by atoms with Crippen molar-refractivity contribution in [3.8, 4) is 28.7 Å². The van der Waals surface area contributed by atoms with Gasteiger partial charge >= 0.3 is 0 Å². The second-order valence-corrected chi connectivity index (χ2v) is 5.65. The lowest BCUT2D eigenvalue weighted by Crippen LogP contribution is -2.05. The summed E-state index contributed by atoms with van der Waals surface area (Å²) < 4.78 is 28.2. The minimum absolute atomic E-state index is 0.151. The number of rotatable bonds is 8. The van der Waals surface area contributed by atoms with Crippen LogP contribution in [0.5, 0.6) is 28.7 Å². The van der Waals surface area contributed by atoms with Gasteiger partial charge in [0.1, 0.15) is 36.6 Å². The van der Waals surface area contributed by atoms with Crippen LogP contribution in [0.1, 0.15) is 11.5 Å². The summed E-state index contributed by atoms with van der Waals surface area (Å²) in [6.45, 7) is 0.338. The molecule has 10 nitrogen and oxygen atoms in total. The molecule has 10 heteroatoms. The third-order valence-electron chi connectivity index (χ3n) is 3.80. The van der Waals surface area contributed by atoms with E-state index < -0.39 is 11.2 Å². The second kappa shape index (κ2) is 8.33. The van der Waals surface area contributed by atoms with Gasteiger partial charge in [-0.3, -0.25) is 4.79 Å². The van der Waals surface area contributed by atoms with Gasteiger partial charge in [-0.15, -0.1) is 5.10 Å². The molecule has 1 N–H and O–H groups in total. The largest absolute Gasteiger partial charge is 0.502 e. The lowest BCUT2D eigenvalue weighted by molar-refractivity contribution is 0.288. The Morgan fingerprint density at radius 2 is 1.82 bits per heavy atom. The van der Waals surface area contributed by atoms with Crippen molar-refractivity contribution in [1.82, 2.24) is 15.0 Å². The lowest BCUT2D eigenvalue weighted by Gasteiger charge is -2.14. The molecular formula is C18H19N3O7. The summed E-state index contributed by atoms with van der Waals surface area (Å²) in [6.07, 6.45) is 2.65. The topological polar surface area (TPSA) is 118 Å². The molecule has 28 heavy (non-hydrogen) atoms. The Morgan fingerprint density at radius 3 is 2.43 bits per heavy atom. The Balaban J connectivity index is 1.69. The van der Waals surface area contributed by atoms with E-state index in [0.717, 1.165) is 6.26 Å². The Hall–Kier alpha value is -3.69. The molecule has 148 valence electrons. The first kappa shape index (κ1) is 19.1. The van der Waals surface area contributed by atoms with Gasteiger partial charge in [-0.05, 0) is 0 Å². The fourth-order valence-corrected chi connectivity index (χ4v) is 2.47. The molecule has 0 unspecified atom stereocenters. The molecule has 0 saturated heterocycles. The Labute approximate surface area is 159 Å². The molecule has 2 heterocycles. The number of hydrogen-bond acceptors (Lipinski definition) is 9. The summed E-state index contributed by atoms with van der Waals surface area (Å²) >= 11 is 0. The molecule has 0 fully saturated rings. The van der Waals surface area contributed by atoms with Crippen molar-refractivity contribution in [3.63, 3.8) is 0 Å². The number of ether oxygens (including phenoxy) is 4. The van der Waals surface area contributed by atoms with Gasteiger partial charge in [-0.2, -0.15) is 0 Å². The Bertz CT molecular complexity index is 987. The van der Waals surface area contributed by atoms with Crippen LogP contribution in [-0.2, 0) is 13.2 Å². The fourth-order valence-electron chi connectivity index (χ4n) is 2.47. The van der Waals surface area contributed by atoms with Crippen LogP contribution < -0.4 is 24.4 Å². The molecule has 0 radical (unpaired) electrons. The summed E-state index contributed by atoms with van der Waals surface area (Å²) in [5.74, 6) is 1.82. The van der Waals surface area contributed by atoms with Crippen LogP contribution in [0.25, 0.3) is 0 Å². The number of aromatic hydroxyl groups is 1. The number of hydrogen-bond donors (Lipinski definition) is 1. The van der Waals surface area contributed by atoms with Gasteiger partial charge in [-0.1, -0.05) is 5.21 Å². The predicted octanol–water partition coefficient (Wildman–Crippen LogP) is 1.59. The van der Waals surface area contributed by atoms with Crippen LogP contribution in [-0.4, -0.2) is 41.4 Å². The van der Waals surface area contributed by atoms with Gasteiger partial charge in [0.15, 0.2) is 17.2 Å². The maximum atomic E-state index is 11.4. The third kappa shape index (κ3) is 4.17. The van der Waals surface area contributed by atoms with E-state index in [1.165, 1.54) is 32.1 Å². The highest BCUT2D eigenvalue weighted by Gasteiger charge is 2.14. The second-order valence-electron chi connectivity index (χ2n) is 5.65. The highest BCUT2D eigenvalue weighted by molar-refractivity contribution is 5.55. The van der Waals surface area contributed by atoms with Crippen LogP contribution >= 0.6 is 0 Å². The summed E-state index contributed by atoms with van der Waals surface area (Å²) in [5, 5.41) is 17.2. The monoisotopic (exact) mass is 389 g/mol. The molecule has 0 amide bonds. The molecule has 0 aliphatic heterocycles. The highest BCUT2D eigenvalue weighted by atomic mass is 16.5. The van der Waals surface area contributed by atoms with Crippen molar-refractivity contribution in [3.05, 3.63) is 52.3 Å². The first-order valence-electron chi connectivity index (χ1n) is 8.16. The van der Waals surface area contributed by atoms with Gasteiger partial charge in [0.05, 0.1) is 27.5 Å². The van der Waals surface area contributed by atoms with E-state index in [2.05, 4.69) is 10.3 Å². The van der Waals surface area contributed by atoms with Crippen molar-refractivity contribution in [2.45, 2.75) is 13.2 Å². The predicted molar refractivity (Wildman–Crippen MR) is 96.2 cm³/mol. The van der Waals surface area contributed by atoms with Crippen molar-refractivity contribution in [1.29, 1.82) is 0 Å². The van der Waals surface area contributed by atoms with E-state index in [0.29, 0.717) is 34.5 Å². The molecule has 3 rings (SSSR count). The molecule has 3 aromatic rings. The minimum Gasteiger partial charge on any atom is -0.502 e. The zero-order chi connectivity index (χ0) is 20.1. The van der Waals surface area contributed by atoms with Gasteiger partial charge in [0.25, 0.3) is 0 Å². The summed E-state index contributed by atoms with van der Waals surface area (Å²) in [4.78, 5) is 11.4. The molecule has 0 aliphatic carbocycles. The van der Waals surface area contributed by atoms with E-state index in [1.54, 1.807) is 18.3 Å². The third-order valence-corrected chi connectivity index (χ3v) is 3.80. The number of methoxy groups -OCH3 is 3. The number of benzene rings is 1. The van der Waals surface area contributed by atoms with Crippen LogP contribution in [0, 0.1) is 0 Å². The number of nitrogens with zero attached hydrogens (tertiary/aromatic N) is 3. The van der Waals surface area contributed by atoms with E-state index in [1.807, 2.05) is 0 Å². The summed E-state index contributed by atoms with van der Waals surface area (Å²) in [6, 6.07) is 4.55. The summed E-state index contributed by atoms with van der Waals surface area (Å²) in [7, 11) is 4.57. The van der Waals surface area contributed by atoms with E-state index in [9.17, 15) is 9.90 Å². The summed E-state index contributed by atoms with van der Waals surface area (Å²) in [5.41, 5.74) is 0.0437. The minimum atomic E-state index is -0.521. The van der Waals surface area contributed by atoms with Crippen LogP contribution in [0.4, 0.5) is 0 Å². The van der Waals surface area contributed by atoms with E-state index in [-0.39, 0.29) is 13.2 Å². The fraction of sp³-hybridized carbons (Fsp3) is 0.278. The first-order chi connectivity index (χ1) is 13.5. The lowest BCUT2D eigenvalue weighted by atomic mass is 10.2. The Kier molecular flexibility index (Phi) is 5.68. The number of aromatic nitrogens is 3. The molecule has 0 bridgehead atoms. The van der Waals surface area contributed by atoms with Gasteiger partial charge in [0, 0.05) is 18.2 Å². The average molecular weight is 389 g/mol. The van der Waals surface area contributed by atoms with Crippen LogP contribution in [0.2, 0.25) is 0 Å². The van der Waals surface area contributed by atoms with Crippen molar-refractivity contribution in [2.75, 3.05) is 21.3 Å². The molecule has 0 saturated carbocycles. The average Bonchev–Trinajstić information content (AvgIpc) is 3.15. The van der Waals surface area contributed by atoms with Crippen LogP contribution in [0.3, 0.4) is 0 Å². The molecule has 1 aromatic carbocycles. The SMILES string of the molecule is COc1cc(OCc2cn(Cc3cc(=O)c(O)co3)nn2)cc(OC)c1OC. The Morgan fingerprint density at radius 1 is 1.11 bits per heavy atom. The van der Waals surface area contributed by atoms with Gasteiger partial charge < -0.3 is 28.5 Å². The highest BCUT2D eigenvalue weighted by Crippen LogP contribution is 2.40.